The number of rotatable bonds is 4. The van der Waals surface area contributed by atoms with E-state index in [0.29, 0.717) is 6.42 Å². The van der Waals surface area contributed by atoms with Crippen molar-refractivity contribution in [1.29, 1.82) is 0 Å². The Labute approximate surface area is 87.1 Å². The quantitative estimate of drug-likeness (QED) is 0.773. The molecule has 2 N–H and O–H groups in total. The third-order valence-electron chi connectivity index (χ3n) is 1.96. The number of aliphatic hydroxyl groups excluding tert-OH is 1. The molecule has 82 valence electrons. The van der Waals surface area contributed by atoms with Gasteiger partial charge in [0, 0.05) is 18.8 Å². The van der Waals surface area contributed by atoms with Crippen LogP contribution < -0.4 is 5.32 Å². The molecule has 1 aromatic rings. The van der Waals surface area contributed by atoms with Crippen LogP contribution in [0.25, 0.3) is 0 Å². The van der Waals surface area contributed by atoms with Crippen LogP contribution in [0.4, 0.5) is 4.39 Å². The zero-order chi connectivity index (χ0) is 11.3. The number of aromatic nitrogens is 1. The largest absolute Gasteiger partial charge is 0.396 e. The predicted molar refractivity (Wildman–Crippen MR) is 52.8 cm³/mol. The van der Waals surface area contributed by atoms with E-state index in [2.05, 4.69) is 10.3 Å². The summed E-state index contributed by atoms with van der Waals surface area (Å²) in [6, 6.07) is 1.13. The number of halogens is 1. The van der Waals surface area contributed by atoms with E-state index in [-0.39, 0.29) is 18.2 Å². The SMILES string of the molecule is CC(CCO)NC(=O)c1ccncc1F. The number of hydrogen-bond acceptors (Lipinski definition) is 3. The third-order valence-corrected chi connectivity index (χ3v) is 1.96. The fourth-order valence-electron chi connectivity index (χ4n) is 1.13. The van der Waals surface area contributed by atoms with Crippen LogP contribution in [0.2, 0.25) is 0 Å². The van der Waals surface area contributed by atoms with Crippen molar-refractivity contribution in [2.45, 2.75) is 19.4 Å². The number of hydrogen-bond donors (Lipinski definition) is 2. The van der Waals surface area contributed by atoms with Crippen molar-refractivity contribution < 1.29 is 14.3 Å². The lowest BCUT2D eigenvalue weighted by molar-refractivity contribution is 0.0930. The van der Waals surface area contributed by atoms with E-state index in [0.717, 1.165) is 6.20 Å². The fourth-order valence-corrected chi connectivity index (χ4v) is 1.13. The molecule has 1 heterocycles. The molecular formula is C10H13FN2O2. The Hall–Kier alpha value is -1.49. The summed E-state index contributed by atoms with van der Waals surface area (Å²) in [5, 5.41) is 11.2. The average Bonchev–Trinajstić information content (AvgIpc) is 2.18. The molecule has 0 radical (unpaired) electrons. The fraction of sp³-hybridized carbons (Fsp3) is 0.400. The first kappa shape index (κ1) is 11.6. The Morgan fingerprint density at radius 1 is 1.73 bits per heavy atom. The highest BCUT2D eigenvalue weighted by molar-refractivity contribution is 5.94. The lowest BCUT2D eigenvalue weighted by atomic mass is 10.2. The lowest BCUT2D eigenvalue weighted by Crippen LogP contribution is -2.33. The van der Waals surface area contributed by atoms with Gasteiger partial charge in [0.2, 0.25) is 0 Å². The first-order chi connectivity index (χ1) is 7.15. The van der Waals surface area contributed by atoms with Crippen LogP contribution in [0.1, 0.15) is 23.7 Å². The van der Waals surface area contributed by atoms with Crippen molar-refractivity contribution in [1.82, 2.24) is 10.3 Å². The van der Waals surface area contributed by atoms with Crippen molar-refractivity contribution in [3.8, 4) is 0 Å². The molecule has 0 bridgehead atoms. The van der Waals surface area contributed by atoms with Crippen molar-refractivity contribution in [2.75, 3.05) is 6.61 Å². The van der Waals surface area contributed by atoms with E-state index in [1.165, 1.54) is 12.3 Å². The topological polar surface area (TPSA) is 62.2 Å². The molecule has 5 heteroatoms. The number of nitrogens with zero attached hydrogens (tertiary/aromatic N) is 1. The van der Waals surface area contributed by atoms with Gasteiger partial charge in [-0.1, -0.05) is 0 Å². The minimum Gasteiger partial charge on any atom is -0.396 e. The molecule has 1 aromatic heterocycles. The summed E-state index contributed by atoms with van der Waals surface area (Å²) in [5.74, 6) is -1.14. The van der Waals surface area contributed by atoms with Gasteiger partial charge in [0.1, 0.15) is 0 Å². The van der Waals surface area contributed by atoms with Gasteiger partial charge < -0.3 is 10.4 Å². The molecule has 0 aromatic carbocycles. The predicted octanol–water partition coefficient (Wildman–Crippen LogP) is 0.721. The summed E-state index contributed by atoms with van der Waals surface area (Å²) < 4.78 is 13.1. The standard InChI is InChI=1S/C10H13FN2O2/c1-7(3-5-14)13-10(15)8-2-4-12-6-9(8)11/h2,4,6-7,14H,3,5H2,1H3,(H,13,15). The van der Waals surface area contributed by atoms with E-state index in [9.17, 15) is 9.18 Å². The van der Waals surface area contributed by atoms with Crippen LogP contribution in [0.3, 0.4) is 0 Å². The van der Waals surface area contributed by atoms with E-state index in [1.807, 2.05) is 0 Å². The maximum absolute atomic E-state index is 13.1. The van der Waals surface area contributed by atoms with Gasteiger partial charge in [-0.05, 0) is 19.4 Å². The maximum atomic E-state index is 13.1. The van der Waals surface area contributed by atoms with Gasteiger partial charge in [-0.2, -0.15) is 0 Å². The van der Waals surface area contributed by atoms with Crippen LogP contribution in [0, 0.1) is 5.82 Å². The minimum absolute atomic E-state index is 0.0136. The van der Waals surface area contributed by atoms with Gasteiger partial charge in [-0.3, -0.25) is 9.78 Å². The summed E-state index contributed by atoms with van der Waals surface area (Å²) in [6.07, 6.45) is 2.79. The molecule has 0 spiro atoms. The summed E-state index contributed by atoms with van der Waals surface area (Å²) >= 11 is 0. The first-order valence-corrected chi connectivity index (χ1v) is 4.66. The average molecular weight is 212 g/mol. The molecule has 1 unspecified atom stereocenters. The molecule has 0 aliphatic carbocycles. The minimum atomic E-state index is -0.647. The van der Waals surface area contributed by atoms with Crippen molar-refractivity contribution in [3.05, 3.63) is 29.8 Å². The van der Waals surface area contributed by atoms with Crippen LogP contribution in [0.5, 0.6) is 0 Å². The van der Waals surface area contributed by atoms with Crippen LogP contribution in [0.15, 0.2) is 18.5 Å². The van der Waals surface area contributed by atoms with E-state index in [1.54, 1.807) is 6.92 Å². The second kappa shape index (κ2) is 5.41. The second-order valence-corrected chi connectivity index (χ2v) is 3.24. The molecular weight excluding hydrogens is 199 g/mol. The Bertz CT molecular complexity index is 344. The van der Waals surface area contributed by atoms with Gasteiger partial charge in [0.25, 0.3) is 5.91 Å². The maximum Gasteiger partial charge on any atom is 0.254 e. The molecule has 0 saturated heterocycles. The summed E-state index contributed by atoms with van der Waals surface area (Å²) in [6.45, 7) is 1.73. The van der Waals surface area contributed by atoms with E-state index in [4.69, 9.17) is 5.11 Å². The summed E-state index contributed by atoms with van der Waals surface area (Å²) in [7, 11) is 0. The first-order valence-electron chi connectivity index (χ1n) is 4.66. The van der Waals surface area contributed by atoms with Crippen molar-refractivity contribution in [2.24, 2.45) is 0 Å². The molecule has 1 atom stereocenters. The van der Waals surface area contributed by atoms with Crippen LogP contribution in [-0.2, 0) is 0 Å². The van der Waals surface area contributed by atoms with Gasteiger partial charge in [-0.15, -0.1) is 0 Å². The molecule has 0 aliphatic heterocycles. The van der Waals surface area contributed by atoms with Gasteiger partial charge >= 0.3 is 0 Å². The Balaban J connectivity index is 2.65. The molecule has 1 rings (SSSR count). The Kier molecular flexibility index (Phi) is 4.17. The molecule has 4 nitrogen and oxygen atoms in total. The second-order valence-electron chi connectivity index (χ2n) is 3.24. The van der Waals surface area contributed by atoms with E-state index < -0.39 is 11.7 Å². The number of nitrogens with one attached hydrogen (secondary N) is 1. The number of carbonyl (C=O) groups excluding carboxylic acids is 1. The van der Waals surface area contributed by atoms with Gasteiger partial charge in [-0.25, -0.2) is 4.39 Å². The highest BCUT2D eigenvalue weighted by atomic mass is 19.1. The van der Waals surface area contributed by atoms with Crippen LogP contribution in [-0.4, -0.2) is 28.6 Å². The Morgan fingerprint density at radius 3 is 3.07 bits per heavy atom. The van der Waals surface area contributed by atoms with Crippen LogP contribution >= 0.6 is 0 Å². The highest BCUT2D eigenvalue weighted by Crippen LogP contribution is 2.04. The normalized spacial score (nSPS) is 12.2. The molecule has 0 saturated carbocycles. The third kappa shape index (κ3) is 3.28. The van der Waals surface area contributed by atoms with Gasteiger partial charge in [0.05, 0.1) is 11.8 Å². The summed E-state index contributed by atoms with van der Waals surface area (Å²) in [5.41, 5.74) is -0.0326. The molecule has 1 amide bonds. The lowest BCUT2D eigenvalue weighted by Gasteiger charge is -2.12. The van der Waals surface area contributed by atoms with E-state index >= 15 is 0 Å². The number of aliphatic hydroxyl groups is 1. The Morgan fingerprint density at radius 2 is 2.47 bits per heavy atom. The van der Waals surface area contributed by atoms with Crippen molar-refractivity contribution >= 4 is 5.91 Å². The van der Waals surface area contributed by atoms with Gasteiger partial charge in [0.15, 0.2) is 5.82 Å². The number of pyridine rings is 1. The van der Waals surface area contributed by atoms with Crippen molar-refractivity contribution in [3.63, 3.8) is 0 Å². The zero-order valence-corrected chi connectivity index (χ0v) is 8.40. The molecule has 15 heavy (non-hydrogen) atoms. The zero-order valence-electron chi connectivity index (χ0n) is 8.40. The number of amides is 1. The highest BCUT2D eigenvalue weighted by Gasteiger charge is 2.13. The smallest absolute Gasteiger partial charge is 0.254 e. The summed E-state index contributed by atoms with van der Waals surface area (Å²) in [4.78, 5) is 15.0. The molecule has 0 aliphatic rings. The number of carbonyl (C=O) groups is 1. The molecule has 0 fully saturated rings. The monoisotopic (exact) mass is 212 g/mol.